The highest BCUT2D eigenvalue weighted by molar-refractivity contribution is 5.80. The summed E-state index contributed by atoms with van der Waals surface area (Å²) in [5.74, 6) is 0.826. The Hall–Kier alpha value is -2.04. The fraction of sp³-hybridized carbons (Fsp3) is 0.600. The van der Waals surface area contributed by atoms with Crippen molar-refractivity contribution in [3.8, 4) is 0 Å². The van der Waals surface area contributed by atoms with E-state index in [4.69, 9.17) is 4.42 Å². The average Bonchev–Trinajstić information content (AvgIpc) is 3.08. The molecule has 1 aromatic carbocycles. The Labute approximate surface area is 148 Å². The van der Waals surface area contributed by atoms with Gasteiger partial charge in [-0.15, -0.1) is 0 Å². The number of hydrogen-bond donors (Lipinski definition) is 1. The standard InChI is InChI=1S/C20H27N3O2/c1-14-7-2-3-9-16(14)21-19(24)15-8-6-12-23(13-15)20-22-17-10-4-5-11-18(17)25-20/h4-5,10-11,14-16H,2-3,6-9,12-13H2,1H3,(H,21,24)/t14-,15-,16+/m1/s1. The number of amides is 1. The summed E-state index contributed by atoms with van der Waals surface area (Å²) in [4.78, 5) is 19.5. The van der Waals surface area contributed by atoms with E-state index in [2.05, 4.69) is 22.1 Å². The lowest BCUT2D eigenvalue weighted by Gasteiger charge is -2.34. The molecule has 2 aliphatic rings. The molecule has 0 radical (unpaired) electrons. The molecule has 2 aromatic rings. The largest absolute Gasteiger partial charge is 0.423 e. The van der Waals surface area contributed by atoms with Crippen LogP contribution in [0.25, 0.3) is 11.1 Å². The molecule has 1 saturated heterocycles. The number of nitrogens with one attached hydrogen (secondary N) is 1. The fourth-order valence-corrected chi connectivity index (χ4v) is 4.19. The van der Waals surface area contributed by atoms with E-state index in [9.17, 15) is 4.79 Å². The number of fused-ring (bicyclic) bond motifs is 1. The number of benzene rings is 1. The fourth-order valence-electron chi connectivity index (χ4n) is 4.19. The van der Waals surface area contributed by atoms with Gasteiger partial charge in [-0.1, -0.05) is 31.9 Å². The van der Waals surface area contributed by atoms with Gasteiger partial charge in [-0.3, -0.25) is 4.79 Å². The Bertz CT molecular complexity index is 708. The van der Waals surface area contributed by atoms with Gasteiger partial charge in [0.1, 0.15) is 5.52 Å². The number of nitrogens with zero attached hydrogens (tertiary/aromatic N) is 2. The maximum atomic E-state index is 12.8. The van der Waals surface area contributed by atoms with E-state index in [1.807, 2.05) is 24.3 Å². The van der Waals surface area contributed by atoms with Crippen molar-refractivity contribution in [3.05, 3.63) is 24.3 Å². The highest BCUT2D eigenvalue weighted by atomic mass is 16.4. The second-order valence-electron chi connectivity index (χ2n) is 7.63. The molecule has 0 unspecified atom stereocenters. The number of oxazole rings is 1. The molecule has 5 heteroatoms. The van der Waals surface area contributed by atoms with Crippen LogP contribution in [0.5, 0.6) is 0 Å². The topological polar surface area (TPSA) is 58.4 Å². The number of anilines is 1. The van der Waals surface area contributed by atoms with E-state index in [1.165, 1.54) is 19.3 Å². The van der Waals surface area contributed by atoms with Crippen LogP contribution in [-0.4, -0.2) is 30.0 Å². The normalized spacial score (nSPS) is 27.4. The molecule has 3 atom stereocenters. The zero-order valence-corrected chi connectivity index (χ0v) is 14.9. The Morgan fingerprint density at radius 1 is 1.20 bits per heavy atom. The van der Waals surface area contributed by atoms with E-state index in [0.717, 1.165) is 36.9 Å². The molecule has 1 aliphatic carbocycles. The Kier molecular flexibility index (Phi) is 4.64. The van der Waals surface area contributed by atoms with Gasteiger partial charge in [-0.05, 0) is 43.7 Å². The zero-order chi connectivity index (χ0) is 17.2. The lowest BCUT2D eigenvalue weighted by atomic mass is 9.85. The minimum absolute atomic E-state index is 0.0258. The van der Waals surface area contributed by atoms with Crippen LogP contribution < -0.4 is 10.2 Å². The molecule has 1 amide bonds. The lowest BCUT2D eigenvalue weighted by Crippen LogP contribution is -2.48. The minimum atomic E-state index is 0.0258. The molecule has 1 saturated carbocycles. The van der Waals surface area contributed by atoms with Gasteiger partial charge in [0.25, 0.3) is 6.01 Å². The summed E-state index contributed by atoms with van der Waals surface area (Å²) in [6.07, 6.45) is 6.82. The molecular formula is C20H27N3O2. The Morgan fingerprint density at radius 2 is 2.04 bits per heavy atom. The Balaban J connectivity index is 1.42. The van der Waals surface area contributed by atoms with Crippen LogP contribution in [0.15, 0.2) is 28.7 Å². The van der Waals surface area contributed by atoms with Crippen molar-refractivity contribution in [2.24, 2.45) is 11.8 Å². The summed E-state index contributed by atoms with van der Waals surface area (Å²) in [6.45, 7) is 3.85. The molecule has 1 aliphatic heterocycles. The summed E-state index contributed by atoms with van der Waals surface area (Å²) in [7, 11) is 0. The summed E-state index contributed by atoms with van der Waals surface area (Å²) in [5.41, 5.74) is 1.68. The van der Waals surface area contributed by atoms with Crippen LogP contribution in [0, 0.1) is 11.8 Å². The van der Waals surface area contributed by atoms with E-state index in [1.54, 1.807) is 0 Å². The van der Waals surface area contributed by atoms with Crippen molar-refractivity contribution in [3.63, 3.8) is 0 Å². The summed E-state index contributed by atoms with van der Waals surface area (Å²) in [6, 6.07) is 8.80. The number of rotatable bonds is 3. The van der Waals surface area contributed by atoms with Crippen LogP contribution in [0.1, 0.15) is 45.4 Å². The van der Waals surface area contributed by atoms with Crippen molar-refractivity contribution in [1.82, 2.24) is 10.3 Å². The molecule has 0 bridgehead atoms. The van der Waals surface area contributed by atoms with Gasteiger partial charge in [-0.2, -0.15) is 4.98 Å². The van der Waals surface area contributed by atoms with Gasteiger partial charge < -0.3 is 14.6 Å². The van der Waals surface area contributed by atoms with Crippen molar-refractivity contribution in [2.75, 3.05) is 18.0 Å². The lowest BCUT2D eigenvalue weighted by molar-refractivity contribution is -0.126. The third kappa shape index (κ3) is 3.51. The highest BCUT2D eigenvalue weighted by Gasteiger charge is 2.31. The van der Waals surface area contributed by atoms with E-state index in [-0.39, 0.29) is 11.8 Å². The third-order valence-corrected chi connectivity index (χ3v) is 5.78. The number of aromatic nitrogens is 1. The maximum absolute atomic E-state index is 12.8. The van der Waals surface area contributed by atoms with E-state index < -0.39 is 0 Å². The SMILES string of the molecule is C[C@@H]1CCCC[C@@H]1NC(=O)[C@@H]1CCCN(c2nc3ccccc3o2)C1. The van der Waals surface area contributed by atoms with Crippen LogP contribution in [0.3, 0.4) is 0 Å². The van der Waals surface area contributed by atoms with Gasteiger partial charge in [0, 0.05) is 19.1 Å². The number of para-hydroxylation sites is 2. The first-order valence-corrected chi connectivity index (χ1v) is 9.61. The van der Waals surface area contributed by atoms with Crippen LogP contribution in [0.2, 0.25) is 0 Å². The highest BCUT2D eigenvalue weighted by Crippen LogP contribution is 2.28. The third-order valence-electron chi connectivity index (χ3n) is 5.78. The molecule has 1 aromatic heterocycles. The van der Waals surface area contributed by atoms with Gasteiger partial charge >= 0.3 is 0 Å². The predicted octanol–water partition coefficient (Wildman–Crippen LogP) is 3.74. The molecule has 5 nitrogen and oxygen atoms in total. The van der Waals surface area contributed by atoms with Gasteiger partial charge in [-0.25, -0.2) is 0 Å². The zero-order valence-electron chi connectivity index (χ0n) is 14.9. The molecule has 134 valence electrons. The predicted molar refractivity (Wildman–Crippen MR) is 98.5 cm³/mol. The quantitative estimate of drug-likeness (QED) is 0.924. The van der Waals surface area contributed by atoms with Crippen LogP contribution >= 0.6 is 0 Å². The summed E-state index contributed by atoms with van der Waals surface area (Å²) >= 11 is 0. The van der Waals surface area contributed by atoms with E-state index >= 15 is 0 Å². The molecule has 25 heavy (non-hydrogen) atoms. The first-order chi connectivity index (χ1) is 12.2. The number of piperidine rings is 1. The molecular weight excluding hydrogens is 314 g/mol. The van der Waals surface area contributed by atoms with Crippen molar-refractivity contribution in [2.45, 2.75) is 51.5 Å². The monoisotopic (exact) mass is 341 g/mol. The minimum Gasteiger partial charge on any atom is -0.423 e. The number of carbonyl (C=O) groups excluding carboxylic acids is 1. The second kappa shape index (κ2) is 7.06. The van der Waals surface area contributed by atoms with Crippen molar-refractivity contribution in [1.29, 1.82) is 0 Å². The van der Waals surface area contributed by atoms with Crippen LogP contribution in [-0.2, 0) is 4.79 Å². The van der Waals surface area contributed by atoms with Crippen molar-refractivity contribution < 1.29 is 9.21 Å². The van der Waals surface area contributed by atoms with Crippen LogP contribution in [0.4, 0.5) is 6.01 Å². The first kappa shape index (κ1) is 16.4. The number of carbonyl (C=O) groups is 1. The van der Waals surface area contributed by atoms with Gasteiger partial charge in [0.05, 0.1) is 5.92 Å². The van der Waals surface area contributed by atoms with Gasteiger partial charge in [0.2, 0.25) is 5.91 Å². The first-order valence-electron chi connectivity index (χ1n) is 9.61. The second-order valence-corrected chi connectivity index (χ2v) is 7.63. The maximum Gasteiger partial charge on any atom is 0.298 e. The van der Waals surface area contributed by atoms with E-state index in [0.29, 0.717) is 24.5 Å². The summed E-state index contributed by atoms with van der Waals surface area (Å²) < 4.78 is 5.89. The van der Waals surface area contributed by atoms with Crippen molar-refractivity contribution >= 4 is 23.0 Å². The number of hydrogen-bond acceptors (Lipinski definition) is 4. The average molecular weight is 341 g/mol. The Morgan fingerprint density at radius 3 is 2.88 bits per heavy atom. The molecule has 4 rings (SSSR count). The molecule has 2 heterocycles. The molecule has 2 fully saturated rings. The van der Waals surface area contributed by atoms with Gasteiger partial charge in [0.15, 0.2) is 5.58 Å². The molecule has 1 N–H and O–H groups in total. The molecule has 0 spiro atoms. The summed E-state index contributed by atoms with van der Waals surface area (Å²) in [5, 5.41) is 3.32. The smallest absolute Gasteiger partial charge is 0.298 e.